The highest BCUT2D eigenvalue weighted by atomic mass is 32.2. The van der Waals surface area contributed by atoms with Gasteiger partial charge in [-0.15, -0.1) is 12.3 Å². The molecule has 0 fully saturated rings. The molecule has 2 N–H and O–H groups in total. The summed E-state index contributed by atoms with van der Waals surface area (Å²) in [6.45, 7) is 5.10. The minimum Gasteiger partial charge on any atom is -0.314 e. The van der Waals surface area contributed by atoms with Gasteiger partial charge in [0.2, 0.25) is 10.0 Å². The maximum absolute atomic E-state index is 11.3. The molecule has 0 amide bonds. The monoisotopic (exact) mass is 232 g/mol. The maximum Gasteiger partial charge on any atom is 0.211 e. The largest absolute Gasteiger partial charge is 0.314 e. The van der Waals surface area contributed by atoms with Crippen molar-refractivity contribution in [3.63, 3.8) is 0 Å². The van der Waals surface area contributed by atoms with Gasteiger partial charge in [-0.25, -0.2) is 13.1 Å². The lowest BCUT2D eigenvalue weighted by molar-refractivity contribution is 0.561. The average molecular weight is 232 g/mol. The van der Waals surface area contributed by atoms with Crippen LogP contribution in [0.3, 0.4) is 0 Å². The van der Waals surface area contributed by atoms with E-state index in [1.807, 2.05) is 13.8 Å². The van der Waals surface area contributed by atoms with Crippen LogP contribution >= 0.6 is 0 Å². The molecule has 0 saturated heterocycles. The number of hydrogen-bond acceptors (Lipinski definition) is 3. The van der Waals surface area contributed by atoms with E-state index in [1.165, 1.54) is 0 Å². The molecule has 0 saturated carbocycles. The third-order valence-corrected chi connectivity index (χ3v) is 3.20. The molecular formula is C10H20N2O2S. The standard InChI is InChI=1S/C10H20N2O2S/c1-4-5-8-12-15(13,14)9-6-7-11-10(2)3/h1,10-12H,5-9H2,2-3H3. The number of nitrogens with one attached hydrogen (secondary N) is 2. The van der Waals surface area contributed by atoms with Crippen LogP contribution in [-0.2, 0) is 10.0 Å². The van der Waals surface area contributed by atoms with Crippen molar-refractivity contribution in [3.8, 4) is 12.3 Å². The molecule has 5 heteroatoms. The Kier molecular flexibility index (Phi) is 7.39. The molecule has 0 radical (unpaired) electrons. The minimum absolute atomic E-state index is 0.150. The van der Waals surface area contributed by atoms with E-state index in [-0.39, 0.29) is 5.75 Å². The molecule has 0 rings (SSSR count). The second-order valence-electron chi connectivity index (χ2n) is 3.63. The summed E-state index contributed by atoms with van der Waals surface area (Å²) in [5.41, 5.74) is 0. The first-order valence-corrected chi connectivity index (χ1v) is 6.77. The van der Waals surface area contributed by atoms with Crippen LogP contribution < -0.4 is 10.0 Å². The van der Waals surface area contributed by atoms with Gasteiger partial charge in [-0.2, -0.15) is 0 Å². The van der Waals surface area contributed by atoms with Gasteiger partial charge in [0.05, 0.1) is 5.75 Å². The van der Waals surface area contributed by atoms with E-state index in [2.05, 4.69) is 16.0 Å². The number of hydrogen-bond donors (Lipinski definition) is 2. The maximum atomic E-state index is 11.3. The fourth-order valence-electron chi connectivity index (χ4n) is 1.00. The quantitative estimate of drug-likeness (QED) is 0.468. The smallest absolute Gasteiger partial charge is 0.211 e. The van der Waals surface area contributed by atoms with E-state index in [1.54, 1.807) is 0 Å². The molecular weight excluding hydrogens is 212 g/mol. The molecule has 0 aromatic rings. The SMILES string of the molecule is C#CCCNS(=O)(=O)CCCNC(C)C. The fraction of sp³-hybridized carbons (Fsp3) is 0.800. The van der Waals surface area contributed by atoms with Gasteiger partial charge < -0.3 is 5.32 Å². The Morgan fingerprint density at radius 1 is 1.33 bits per heavy atom. The predicted octanol–water partition coefficient (Wildman–Crippen LogP) is 0.317. The summed E-state index contributed by atoms with van der Waals surface area (Å²) >= 11 is 0. The minimum atomic E-state index is -3.14. The van der Waals surface area contributed by atoms with E-state index >= 15 is 0 Å². The first kappa shape index (κ1) is 14.4. The summed E-state index contributed by atoms with van der Waals surface area (Å²) in [5, 5.41) is 3.16. The van der Waals surface area contributed by atoms with Crippen molar-refractivity contribution in [1.29, 1.82) is 0 Å². The summed E-state index contributed by atoms with van der Waals surface area (Å²) in [4.78, 5) is 0. The van der Waals surface area contributed by atoms with Gasteiger partial charge in [-0.1, -0.05) is 13.8 Å². The van der Waals surface area contributed by atoms with E-state index < -0.39 is 10.0 Å². The molecule has 0 unspecified atom stereocenters. The normalized spacial score (nSPS) is 11.6. The molecule has 15 heavy (non-hydrogen) atoms. The molecule has 0 aromatic heterocycles. The lowest BCUT2D eigenvalue weighted by Gasteiger charge is -2.08. The molecule has 88 valence electrons. The Bertz CT molecular complexity index is 291. The molecule has 0 aliphatic rings. The van der Waals surface area contributed by atoms with E-state index in [9.17, 15) is 8.42 Å². The van der Waals surface area contributed by atoms with E-state index in [0.717, 1.165) is 0 Å². The molecule has 0 atom stereocenters. The predicted molar refractivity (Wildman–Crippen MR) is 63.0 cm³/mol. The Labute approximate surface area is 92.9 Å². The Balaban J connectivity index is 3.62. The summed E-state index contributed by atoms with van der Waals surface area (Å²) in [7, 11) is -3.14. The van der Waals surface area contributed by atoms with Crippen molar-refractivity contribution in [3.05, 3.63) is 0 Å². The Hall–Kier alpha value is -0.570. The molecule has 0 aliphatic heterocycles. The van der Waals surface area contributed by atoms with Crippen molar-refractivity contribution in [2.75, 3.05) is 18.8 Å². The fourth-order valence-corrected chi connectivity index (χ4v) is 2.09. The molecule has 4 nitrogen and oxygen atoms in total. The summed E-state index contributed by atoms with van der Waals surface area (Å²) in [5.74, 6) is 2.53. The van der Waals surface area contributed by atoms with Crippen LogP contribution in [-0.4, -0.2) is 33.3 Å². The number of sulfonamides is 1. The van der Waals surface area contributed by atoms with Gasteiger partial charge in [0.15, 0.2) is 0 Å². The second-order valence-corrected chi connectivity index (χ2v) is 5.56. The molecule has 0 aliphatic carbocycles. The third-order valence-electron chi connectivity index (χ3n) is 1.73. The highest BCUT2D eigenvalue weighted by Crippen LogP contribution is 1.90. The Morgan fingerprint density at radius 2 is 2.00 bits per heavy atom. The highest BCUT2D eigenvalue weighted by Gasteiger charge is 2.08. The average Bonchev–Trinajstić information content (AvgIpc) is 2.13. The molecule has 0 heterocycles. The second kappa shape index (κ2) is 7.69. The summed E-state index contributed by atoms with van der Waals surface area (Å²) in [6, 6.07) is 0.391. The van der Waals surface area contributed by atoms with Crippen molar-refractivity contribution in [2.24, 2.45) is 0 Å². The van der Waals surface area contributed by atoms with E-state index in [4.69, 9.17) is 6.42 Å². The summed E-state index contributed by atoms with van der Waals surface area (Å²) < 4.78 is 25.1. The molecule has 0 bridgehead atoms. The van der Waals surface area contributed by atoms with Crippen LogP contribution in [0.2, 0.25) is 0 Å². The van der Waals surface area contributed by atoms with Crippen molar-refractivity contribution < 1.29 is 8.42 Å². The zero-order valence-corrected chi connectivity index (χ0v) is 10.2. The lowest BCUT2D eigenvalue weighted by Crippen LogP contribution is -2.30. The van der Waals surface area contributed by atoms with E-state index in [0.29, 0.717) is 32.0 Å². The van der Waals surface area contributed by atoms with Gasteiger partial charge in [0.1, 0.15) is 0 Å². The summed E-state index contributed by atoms with van der Waals surface area (Å²) in [6.07, 6.45) is 6.07. The van der Waals surface area contributed by atoms with Crippen LogP contribution in [0.4, 0.5) is 0 Å². The first-order valence-electron chi connectivity index (χ1n) is 5.12. The first-order chi connectivity index (χ1) is 6.98. The number of rotatable bonds is 8. The van der Waals surface area contributed by atoms with Gasteiger partial charge in [0, 0.05) is 19.0 Å². The van der Waals surface area contributed by atoms with Crippen molar-refractivity contribution in [1.82, 2.24) is 10.0 Å². The lowest BCUT2D eigenvalue weighted by atomic mass is 10.4. The topological polar surface area (TPSA) is 58.2 Å². The van der Waals surface area contributed by atoms with Crippen LogP contribution in [0.15, 0.2) is 0 Å². The zero-order valence-electron chi connectivity index (χ0n) is 9.41. The van der Waals surface area contributed by atoms with Gasteiger partial charge in [-0.3, -0.25) is 0 Å². The highest BCUT2D eigenvalue weighted by molar-refractivity contribution is 7.89. The van der Waals surface area contributed by atoms with Crippen LogP contribution in [0, 0.1) is 12.3 Å². The zero-order chi connectivity index (χ0) is 11.7. The third kappa shape index (κ3) is 9.73. The molecule has 0 aromatic carbocycles. The van der Waals surface area contributed by atoms with Gasteiger partial charge in [0.25, 0.3) is 0 Å². The van der Waals surface area contributed by atoms with Crippen LogP contribution in [0.1, 0.15) is 26.7 Å². The van der Waals surface area contributed by atoms with Gasteiger partial charge >= 0.3 is 0 Å². The number of terminal acetylenes is 1. The van der Waals surface area contributed by atoms with Crippen molar-refractivity contribution >= 4 is 10.0 Å². The van der Waals surface area contributed by atoms with Gasteiger partial charge in [-0.05, 0) is 13.0 Å². The van der Waals surface area contributed by atoms with Crippen LogP contribution in [0.25, 0.3) is 0 Å². The van der Waals surface area contributed by atoms with Crippen molar-refractivity contribution in [2.45, 2.75) is 32.7 Å². The van der Waals surface area contributed by atoms with Crippen LogP contribution in [0.5, 0.6) is 0 Å². The molecule has 0 spiro atoms. The Morgan fingerprint density at radius 3 is 2.53 bits per heavy atom.